The van der Waals surface area contributed by atoms with Gasteiger partial charge in [-0.1, -0.05) is 0 Å². The van der Waals surface area contributed by atoms with Gasteiger partial charge in [0.2, 0.25) is 5.28 Å². The summed E-state index contributed by atoms with van der Waals surface area (Å²) in [5.74, 6) is 0. The van der Waals surface area contributed by atoms with Crippen LogP contribution in [-0.4, -0.2) is 21.3 Å². The molecule has 0 amide bonds. The average Bonchev–Trinajstić information content (AvgIpc) is 2.32. The van der Waals surface area contributed by atoms with Gasteiger partial charge in [0.1, 0.15) is 0 Å². The third kappa shape index (κ3) is 1.53. The lowest BCUT2D eigenvalue weighted by Crippen LogP contribution is -2.17. The van der Waals surface area contributed by atoms with Crippen molar-refractivity contribution in [2.24, 2.45) is 12.8 Å². The van der Waals surface area contributed by atoms with Crippen molar-refractivity contribution >= 4 is 11.6 Å². The fraction of sp³-hybridized carbons (Fsp3) is 0.500. The van der Waals surface area contributed by atoms with Crippen molar-refractivity contribution in [1.82, 2.24) is 9.55 Å². The number of hydrogen-bond acceptors (Lipinski definition) is 3. The van der Waals surface area contributed by atoms with Crippen LogP contribution in [-0.2, 0) is 7.05 Å². The lowest BCUT2D eigenvalue weighted by Gasteiger charge is -2.07. The standard InChI is InChI=1S/C6H10ClN3O/c1-10-5(4(8)3-11)2-9-6(10)7/h2,4,11H,3,8H2,1H3. The van der Waals surface area contributed by atoms with Crippen LogP contribution >= 0.6 is 11.6 Å². The Morgan fingerprint density at radius 1 is 1.91 bits per heavy atom. The number of nitrogens with zero attached hydrogens (tertiary/aromatic N) is 2. The molecule has 0 aliphatic carbocycles. The van der Waals surface area contributed by atoms with Crippen LogP contribution in [0.2, 0.25) is 5.28 Å². The molecule has 0 aliphatic heterocycles. The molecule has 1 aromatic heterocycles. The zero-order chi connectivity index (χ0) is 8.43. The van der Waals surface area contributed by atoms with E-state index in [1.165, 1.54) is 0 Å². The summed E-state index contributed by atoms with van der Waals surface area (Å²) >= 11 is 5.65. The molecule has 1 unspecified atom stereocenters. The van der Waals surface area contributed by atoms with E-state index >= 15 is 0 Å². The van der Waals surface area contributed by atoms with Gasteiger partial charge in [0, 0.05) is 7.05 Å². The van der Waals surface area contributed by atoms with E-state index in [2.05, 4.69) is 4.98 Å². The summed E-state index contributed by atoms with van der Waals surface area (Å²) in [4.78, 5) is 3.82. The highest BCUT2D eigenvalue weighted by atomic mass is 35.5. The van der Waals surface area contributed by atoms with E-state index in [0.717, 1.165) is 5.69 Å². The normalized spacial score (nSPS) is 13.5. The molecule has 1 atom stereocenters. The van der Waals surface area contributed by atoms with Gasteiger partial charge in [-0.05, 0) is 11.6 Å². The highest BCUT2D eigenvalue weighted by molar-refractivity contribution is 6.28. The van der Waals surface area contributed by atoms with Crippen LogP contribution in [0.25, 0.3) is 0 Å². The van der Waals surface area contributed by atoms with E-state index in [0.29, 0.717) is 5.28 Å². The number of aliphatic hydroxyl groups is 1. The molecule has 0 bridgehead atoms. The molecule has 0 saturated carbocycles. The monoisotopic (exact) mass is 175 g/mol. The topological polar surface area (TPSA) is 64.1 Å². The summed E-state index contributed by atoms with van der Waals surface area (Å²) in [6.45, 7) is -0.101. The van der Waals surface area contributed by atoms with Crippen LogP contribution in [0.4, 0.5) is 0 Å². The molecule has 0 radical (unpaired) electrons. The van der Waals surface area contributed by atoms with Gasteiger partial charge in [-0.25, -0.2) is 4.98 Å². The summed E-state index contributed by atoms with van der Waals surface area (Å²) < 4.78 is 1.64. The molecule has 5 heteroatoms. The smallest absolute Gasteiger partial charge is 0.202 e. The first kappa shape index (κ1) is 8.52. The van der Waals surface area contributed by atoms with E-state index in [1.54, 1.807) is 17.8 Å². The maximum Gasteiger partial charge on any atom is 0.202 e. The van der Waals surface area contributed by atoms with Gasteiger partial charge in [-0.3, -0.25) is 0 Å². The Morgan fingerprint density at radius 3 is 2.91 bits per heavy atom. The molecule has 1 heterocycles. The molecule has 4 nitrogen and oxygen atoms in total. The van der Waals surface area contributed by atoms with Crippen molar-refractivity contribution in [2.45, 2.75) is 6.04 Å². The second kappa shape index (κ2) is 3.21. The quantitative estimate of drug-likeness (QED) is 0.669. The van der Waals surface area contributed by atoms with E-state index < -0.39 is 6.04 Å². The Kier molecular flexibility index (Phi) is 2.49. The molecule has 1 aromatic rings. The van der Waals surface area contributed by atoms with Gasteiger partial charge in [0.15, 0.2) is 0 Å². The highest BCUT2D eigenvalue weighted by Crippen LogP contribution is 2.13. The minimum atomic E-state index is -0.403. The summed E-state index contributed by atoms with van der Waals surface area (Å²) in [6.07, 6.45) is 1.56. The Morgan fingerprint density at radius 2 is 2.55 bits per heavy atom. The SMILES string of the molecule is Cn1c(C(N)CO)cnc1Cl. The second-order valence-corrected chi connectivity index (χ2v) is 2.64. The number of aromatic nitrogens is 2. The van der Waals surface area contributed by atoms with Crippen LogP contribution in [0.15, 0.2) is 6.20 Å². The first-order chi connectivity index (χ1) is 5.16. The molecule has 0 spiro atoms. The first-order valence-corrected chi connectivity index (χ1v) is 3.58. The minimum Gasteiger partial charge on any atom is -0.394 e. The second-order valence-electron chi connectivity index (χ2n) is 2.30. The number of imidazole rings is 1. The maximum atomic E-state index is 8.71. The summed E-state index contributed by atoms with van der Waals surface area (Å²) in [5, 5.41) is 9.09. The van der Waals surface area contributed by atoms with Gasteiger partial charge < -0.3 is 15.4 Å². The van der Waals surface area contributed by atoms with E-state index in [1.807, 2.05) is 0 Å². The fourth-order valence-electron chi connectivity index (χ4n) is 0.837. The third-order valence-corrected chi connectivity index (χ3v) is 1.90. The van der Waals surface area contributed by atoms with Crippen molar-refractivity contribution in [3.05, 3.63) is 17.2 Å². The average molecular weight is 176 g/mol. The van der Waals surface area contributed by atoms with Crippen LogP contribution in [0, 0.1) is 0 Å². The van der Waals surface area contributed by atoms with Crippen molar-refractivity contribution in [3.63, 3.8) is 0 Å². The van der Waals surface area contributed by atoms with Crippen LogP contribution in [0.3, 0.4) is 0 Å². The Balaban J connectivity index is 2.94. The number of rotatable bonds is 2. The van der Waals surface area contributed by atoms with Crippen molar-refractivity contribution in [2.75, 3.05) is 6.61 Å². The van der Waals surface area contributed by atoms with Gasteiger partial charge in [0.25, 0.3) is 0 Å². The molecule has 0 saturated heterocycles. The first-order valence-electron chi connectivity index (χ1n) is 3.20. The van der Waals surface area contributed by atoms with Crippen LogP contribution < -0.4 is 5.73 Å². The van der Waals surface area contributed by atoms with Gasteiger partial charge in [-0.15, -0.1) is 0 Å². The van der Waals surface area contributed by atoms with E-state index in [-0.39, 0.29) is 6.61 Å². The molecule has 0 fully saturated rings. The zero-order valence-corrected chi connectivity index (χ0v) is 6.91. The van der Waals surface area contributed by atoms with Crippen molar-refractivity contribution in [1.29, 1.82) is 0 Å². The lowest BCUT2D eigenvalue weighted by molar-refractivity contribution is 0.264. The highest BCUT2D eigenvalue weighted by Gasteiger charge is 2.10. The maximum absolute atomic E-state index is 8.71. The summed E-state index contributed by atoms with van der Waals surface area (Å²) in [7, 11) is 1.75. The number of hydrogen-bond donors (Lipinski definition) is 2. The minimum absolute atomic E-state index is 0.101. The molecule has 62 valence electrons. The predicted molar refractivity (Wildman–Crippen MR) is 42.2 cm³/mol. The predicted octanol–water partition coefficient (Wildman–Crippen LogP) is 0.0656. The molecule has 0 aliphatic rings. The number of nitrogens with two attached hydrogens (primary N) is 1. The lowest BCUT2D eigenvalue weighted by atomic mass is 10.2. The molecular weight excluding hydrogens is 166 g/mol. The van der Waals surface area contributed by atoms with Crippen molar-refractivity contribution < 1.29 is 5.11 Å². The Hall–Kier alpha value is -0.580. The van der Waals surface area contributed by atoms with Gasteiger partial charge in [0.05, 0.1) is 24.5 Å². The van der Waals surface area contributed by atoms with Gasteiger partial charge >= 0.3 is 0 Å². The largest absolute Gasteiger partial charge is 0.394 e. The van der Waals surface area contributed by atoms with Crippen LogP contribution in [0.1, 0.15) is 11.7 Å². The molecule has 0 aromatic carbocycles. The van der Waals surface area contributed by atoms with E-state index in [9.17, 15) is 0 Å². The van der Waals surface area contributed by atoms with Gasteiger partial charge in [-0.2, -0.15) is 0 Å². The van der Waals surface area contributed by atoms with Crippen molar-refractivity contribution in [3.8, 4) is 0 Å². The van der Waals surface area contributed by atoms with Crippen LogP contribution in [0.5, 0.6) is 0 Å². The molecular formula is C6H10ClN3O. The summed E-state index contributed by atoms with van der Waals surface area (Å²) in [6, 6.07) is -0.403. The Bertz CT molecular complexity index is 248. The number of aliphatic hydroxyl groups excluding tert-OH is 1. The zero-order valence-electron chi connectivity index (χ0n) is 6.16. The van der Waals surface area contributed by atoms with E-state index in [4.69, 9.17) is 22.4 Å². The summed E-state index contributed by atoms with van der Waals surface area (Å²) in [5.41, 5.74) is 6.27. The number of halogens is 1. The Labute approximate surface area is 69.6 Å². The fourth-order valence-corrected chi connectivity index (χ4v) is 0.984. The molecule has 11 heavy (non-hydrogen) atoms. The molecule has 1 rings (SSSR count). The molecule has 3 N–H and O–H groups in total. The third-order valence-electron chi connectivity index (χ3n) is 1.54.